The van der Waals surface area contributed by atoms with Crippen molar-refractivity contribution in [1.29, 1.82) is 0 Å². The van der Waals surface area contributed by atoms with Crippen molar-refractivity contribution in [3.63, 3.8) is 0 Å². The standard InChI is InChI=1S/C21H23N5O5/c1-26-17-6-3-13(19(28)22-7-9-29-2)11-16(17)23-20(26)25-21-24-15-5-4-14(30-10-8-27)12-18(15)31-21/h3-6,11-12,27H,7-10H2,1-2H3,(H,22,28)(H,23,24,25). The minimum Gasteiger partial charge on any atom is -0.491 e. The largest absolute Gasteiger partial charge is 0.491 e. The summed E-state index contributed by atoms with van der Waals surface area (Å²) in [5, 5.41) is 14.8. The fourth-order valence-corrected chi connectivity index (χ4v) is 3.13. The van der Waals surface area contributed by atoms with E-state index in [1.807, 2.05) is 17.7 Å². The lowest BCUT2D eigenvalue weighted by Crippen LogP contribution is -2.26. The van der Waals surface area contributed by atoms with Gasteiger partial charge >= 0.3 is 6.01 Å². The number of carbonyl (C=O) groups is 1. The highest BCUT2D eigenvalue weighted by molar-refractivity contribution is 5.97. The molecule has 0 aliphatic carbocycles. The summed E-state index contributed by atoms with van der Waals surface area (Å²) < 4.78 is 18.0. The summed E-state index contributed by atoms with van der Waals surface area (Å²) in [6, 6.07) is 10.9. The Bertz CT molecular complexity index is 1220. The maximum Gasteiger partial charge on any atom is 0.302 e. The van der Waals surface area contributed by atoms with E-state index in [1.165, 1.54) is 0 Å². The Morgan fingerprint density at radius 2 is 2.03 bits per heavy atom. The minimum atomic E-state index is -0.183. The molecule has 3 N–H and O–H groups in total. The molecule has 2 aromatic heterocycles. The van der Waals surface area contributed by atoms with Gasteiger partial charge in [-0.1, -0.05) is 0 Å². The van der Waals surface area contributed by atoms with Gasteiger partial charge in [0.05, 0.1) is 24.2 Å². The third-order valence-corrected chi connectivity index (χ3v) is 4.67. The van der Waals surface area contributed by atoms with E-state index in [-0.39, 0.29) is 25.1 Å². The molecule has 0 saturated carbocycles. The number of oxazole rings is 1. The number of imidazole rings is 1. The molecule has 31 heavy (non-hydrogen) atoms. The summed E-state index contributed by atoms with van der Waals surface area (Å²) >= 11 is 0. The van der Waals surface area contributed by atoms with E-state index in [0.29, 0.717) is 47.0 Å². The van der Waals surface area contributed by atoms with Crippen LogP contribution in [0.5, 0.6) is 5.75 Å². The molecule has 0 fully saturated rings. The van der Waals surface area contributed by atoms with Crippen LogP contribution < -0.4 is 15.4 Å². The Balaban J connectivity index is 1.55. The number of methoxy groups -OCH3 is 1. The molecule has 0 aliphatic heterocycles. The van der Waals surface area contributed by atoms with Crippen molar-refractivity contribution < 1.29 is 23.8 Å². The molecule has 10 heteroatoms. The second-order valence-corrected chi connectivity index (χ2v) is 6.79. The van der Waals surface area contributed by atoms with Gasteiger partial charge in [-0.2, -0.15) is 4.98 Å². The molecule has 2 aromatic carbocycles. The number of aliphatic hydroxyl groups excluding tert-OH is 1. The summed E-state index contributed by atoms with van der Waals surface area (Å²) in [5.74, 6) is 0.927. The number of benzene rings is 2. The highest BCUT2D eigenvalue weighted by Gasteiger charge is 2.14. The quantitative estimate of drug-likeness (QED) is 0.349. The zero-order valence-corrected chi connectivity index (χ0v) is 17.2. The van der Waals surface area contributed by atoms with Crippen LogP contribution in [0.4, 0.5) is 12.0 Å². The SMILES string of the molecule is COCCNC(=O)c1ccc2c(c1)nc(Nc1nc3ccc(OCCO)cc3o1)n2C. The summed E-state index contributed by atoms with van der Waals surface area (Å²) in [5.41, 5.74) is 3.25. The number of aliphatic hydroxyl groups is 1. The minimum absolute atomic E-state index is 0.0650. The van der Waals surface area contributed by atoms with Gasteiger partial charge in [-0.05, 0) is 30.3 Å². The van der Waals surface area contributed by atoms with Crippen LogP contribution in [0.2, 0.25) is 0 Å². The molecule has 162 valence electrons. The summed E-state index contributed by atoms with van der Waals surface area (Å²) in [6.07, 6.45) is 0. The predicted octanol–water partition coefficient (Wildman–Crippen LogP) is 2.21. The van der Waals surface area contributed by atoms with Gasteiger partial charge in [0.1, 0.15) is 17.9 Å². The summed E-state index contributed by atoms with van der Waals surface area (Å²) in [7, 11) is 3.45. The van der Waals surface area contributed by atoms with Crippen LogP contribution in [0.25, 0.3) is 22.1 Å². The topological polar surface area (TPSA) is 124 Å². The van der Waals surface area contributed by atoms with E-state index in [4.69, 9.17) is 19.0 Å². The Morgan fingerprint density at radius 3 is 2.84 bits per heavy atom. The highest BCUT2D eigenvalue weighted by Crippen LogP contribution is 2.27. The Morgan fingerprint density at radius 1 is 1.16 bits per heavy atom. The molecule has 4 rings (SSSR count). The lowest BCUT2D eigenvalue weighted by molar-refractivity contribution is 0.0937. The summed E-state index contributed by atoms with van der Waals surface area (Å²) in [4.78, 5) is 21.3. The van der Waals surface area contributed by atoms with Crippen LogP contribution in [-0.4, -0.2) is 59.0 Å². The lowest BCUT2D eigenvalue weighted by atomic mass is 10.2. The molecule has 10 nitrogen and oxygen atoms in total. The summed E-state index contributed by atoms with van der Waals surface area (Å²) in [6.45, 7) is 1.03. The highest BCUT2D eigenvalue weighted by atomic mass is 16.5. The van der Waals surface area contributed by atoms with E-state index in [9.17, 15) is 4.79 Å². The first-order chi connectivity index (χ1) is 15.1. The second-order valence-electron chi connectivity index (χ2n) is 6.79. The number of amides is 1. The van der Waals surface area contributed by atoms with E-state index in [0.717, 1.165) is 5.52 Å². The predicted molar refractivity (Wildman–Crippen MR) is 115 cm³/mol. The maximum atomic E-state index is 12.3. The first-order valence-corrected chi connectivity index (χ1v) is 9.74. The van der Waals surface area contributed by atoms with Crippen molar-refractivity contribution in [3.05, 3.63) is 42.0 Å². The first kappa shape index (κ1) is 20.6. The number of carbonyl (C=O) groups excluding carboxylic acids is 1. The van der Waals surface area contributed by atoms with Crippen molar-refractivity contribution >= 4 is 40.0 Å². The molecular weight excluding hydrogens is 402 g/mol. The van der Waals surface area contributed by atoms with Gasteiger partial charge in [0.2, 0.25) is 5.95 Å². The zero-order valence-electron chi connectivity index (χ0n) is 17.2. The average Bonchev–Trinajstić information content (AvgIpc) is 3.31. The number of hydrogen-bond donors (Lipinski definition) is 3. The van der Waals surface area contributed by atoms with E-state index < -0.39 is 0 Å². The van der Waals surface area contributed by atoms with Gasteiger partial charge in [-0.3, -0.25) is 10.1 Å². The third-order valence-electron chi connectivity index (χ3n) is 4.67. The van der Waals surface area contributed by atoms with Crippen molar-refractivity contribution in [2.75, 3.05) is 38.8 Å². The fourth-order valence-electron chi connectivity index (χ4n) is 3.13. The monoisotopic (exact) mass is 425 g/mol. The molecule has 2 heterocycles. The Labute approximate surface area is 177 Å². The number of nitrogens with zero attached hydrogens (tertiary/aromatic N) is 3. The third kappa shape index (κ3) is 4.44. The number of ether oxygens (including phenoxy) is 2. The van der Waals surface area contributed by atoms with Crippen molar-refractivity contribution in [2.45, 2.75) is 0 Å². The number of nitrogens with one attached hydrogen (secondary N) is 2. The maximum absolute atomic E-state index is 12.3. The molecule has 0 saturated heterocycles. The van der Waals surface area contributed by atoms with E-state index >= 15 is 0 Å². The molecule has 0 atom stereocenters. The normalized spacial score (nSPS) is 11.2. The average molecular weight is 425 g/mol. The second kappa shape index (κ2) is 9.02. The van der Waals surface area contributed by atoms with Gasteiger partial charge in [0.25, 0.3) is 5.91 Å². The molecule has 4 aromatic rings. The number of aromatic nitrogens is 3. The Kier molecular flexibility index (Phi) is 6.01. The molecule has 0 radical (unpaired) electrons. The smallest absolute Gasteiger partial charge is 0.302 e. The van der Waals surface area contributed by atoms with Crippen LogP contribution in [0.1, 0.15) is 10.4 Å². The van der Waals surface area contributed by atoms with Crippen LogP contribution >= 0.6 is 0 Å². The van der Waals surface area contributed by atoms with Crippen molar-refractivity contribution in [1.82, 2.24) is 19.9 Å². The number of fused-ring (bicyclic) bond motifs is 2. The Hall–Kier alpha value is -3.63. The molecule has 1 amide bonds. The van der Waals surface area contributed by atoms with E-state index in [1.54, 1.807) is 37.4 Å². The van der Waals surface area contributed by atoms with Crippen LogP contribution in [-0.2, 0) is 11.8 Å². The van der Waals surface area contributed by atoms with Crippen LogP contribution in [0.3, 0.4) is 0 Å². The van der Waals surface area contributed by atoms with Crippen molar-refractivity contribution in [3.8, 4) is 5.75 Å². The van der Waals surface area contributed by atoms with Gasteiger partial charge in [0.15, 0.2) is 5.58 Å². The number of rotatable bonds is 9. The molecule has 0 spiro atoms. The van der Waals surface area contributed by atoms with Gasteiger partial charge in [0, 0.05) is 32.3 Å². The molecule has 0 aliphatic rings. The van der Waals surface area contributed by atoms with Gasteiger partial charge < -0.3 is 28.9 Å². The number of aryl methyl sites for hydroxylation is 1. The van der Waals surface area contributed by atoms with Crippen LogP contribution in [0, 0.1) is 0 Å². The first-order valence-electron chi connectivity index (χ1n) is 9.74. The molecule has 0 bridgehead atoms. The van der Waals surface area contributed by atoms with Gasteiger partial charge in [-0.25, -0.2) is 4.98 Å². The fraction of sp³-hybridized carbons (Fsp3) is 0.286. The molecular formula is C21H23N5O5. The zero-order chi connectivity index (χ0) is 21.8. The van der Waals surface area contributed by atoms with Gasteiger partial charge in [-0.15, -0.1) is 0 Å². The lowest BCUT2D eigenvalue weighted by Gasteiger charge is -2.04. The number of hydrogen-bond acceptors (Lipinski definition) is 8. The van der Waals surface area contributed by atoms with Crippen molar-refractivity contribution in [2.24, 2.45) is 7.05 Å². The number of anilines is 2. The van der Waals surface area contributed by atoms with E-state index in [2.05, 4.69) is 20.6 Å². The van der Waals surface area contributed by atoms with Crippen LogP contribution in [0.15, 0.2) is 40.8 Å². The molecule has 0 unspecified atom stereocenters.